The van der Waals surface area contributed by atoms with E-state index in [0.29, 0.717) is 23.7 Å². The monoisotopic (exact) mass is 515 g/mol. The quantitative estimate of drug-likeness (QED) is 0.403. The minimum absolute atomic E-state index is 0.0180. The Hall–Kier alpha value is -1.40. The van der Waals surface area contributed by atoms with Gasteiger partial charge in [-0.25, -0.2) is 0 Å². The first-order valence-corrected chi connectivity index (χ1v) is 14.9. The smallest absolute Gasteiger partial charge is 0.302 e. The number of hydrogen-bond acceptors (Lipinski definition) is 6. The maximum atomic E-state index is 12.3. The second-order valence-corrected chi connectivity index (χ2v) is 13.9. The van der Waals surface area contributed by atoms with Gasteiger partial charge in [-0.15, -0.1) is 0 Å². The number of ether oxygens (including phenoxy) is 2. The molecule has 208 valence electrons. The van der Waals surface area contributed by atoms with E-state index >= 15 is 0 Å². The van der Waals surface area contributed by atoms with Crippen LogP contribution >= 0.6 is 0 Å². The Morgan fingerprint density at radius 1 is 1.08 bits per heavy atom. The average Bonchev–Trinajstić information content (AvgIpc) is 3.09. The molecule has 0 amide bonds. The van der Waals surface area contributed by atoms with Crippen molar-refractivity contribution in [2.24, 2.45) is 46.3 Å². The first kappa shape index (κ1) is 27.2. The van der Waals surface area contributed by atoms with E-state index in [1.807, 2.05) is 0 Å². The van der Waals surface area contributed by atoms with Gasteiger partial charge in [0, 0.05) is 32.2 Å². The lowest BCUT2D eigenvalue weighted by molar-refractivity contribution is -0.152. The molecule has 5 aliphatic rings. The van der Waals surface area contributed by atoms with E-state index in [2.05, 4.69) is 39.1 Å². The third-order valence-corrected chi connectivity index (χ3v) is 11.7. The molecule has 37 heavy (non-hydrogen) atoms. The average molecular weight is 516 g/mol. The molecule has 0 spiro atoms. The Labute approximate surface area is 223 Å². The van der Waals surface area contributed by atoms with Crippen LogP contribution in [0, 0.1) is 46.3 Å². The number of carbonyl (C=O) groups is 2. The van der Waals surface area contributed by atoms with E-state index in [9.17, 15) is 14.7 Å². The van der Waals surface area contributed by atoms with Crippen molar-refractivity contribution in [1.29, 1.82) is 0 Å². The van der Waals surface area contributed by atoms with Gasteiger partial charge in [0.05, 0.1) is 6.10 Å². The first-order chi connectivity index (χ1) is 17.4. The number of aliphatic hydroxyl groups is 1. The molecule has 0 unspecified atom stereocenters. The zero-order valence-electron chi connectivity index (χ0n) is 23.8. The number of esters is 2. The summed E-state index contributed by atoms with van der Waals surface area (Å²) in [5.74, 6) is 2.28. The van der Waals surface area contributed by atoms with Crippen molar-refractivity contribution in [2.45, 2.75) is 117 Å². The van der Waals surface area contributed by atoms with E-state index < -0.39 is 0 Å². The van der Waals surface area contributed by atoms with Crippen molar-refractivity contribution in [2.75, 3.05) is 6.54 Å². The molecule has 5 rings (SSSR count). The Kier molecular flexibility index (Phi) is 7.32. The highest BCUT2D eigenvalue weighted by Crippen LogP contribution is 2.67. The maximum Gasteiger partial charge on any atom is 0.302 e. The van der Waals surface area contributed by atoms with Crippen molar-refractivity contribution >= 4 is 11.9 Å². The number of carbonyl (C=O) groups excluding carboxylic acids is 2. The van der Waals surface area contributed by atoms with Crippen molar-refractivity contribution in [3.63, 3.8) is 0 Å². The Morgan fingerprint density at radius 3 is 2.49 bits per heavy atom. The highest BCUT2D eigenvalue weighted by Gasteiger charge is 2.63. The van der Waals surface area contributed by atoms with Crippen LogP contribution in [0.1, 0.15) is 92.9 Å². The lowest BCUT2D eigenvalue weighted by Crippen LogP contribution is -2.57. The zero-order chi connectivity index (χ0) is 26.7. The number of aliphatic hydroxyl groups excluding tert-OH is 1. The molecular weight excluding hydrogens is 466 g/mol. The fourth-order valence-electron chi connectivity index (χ4n) is 10.1. The summed E-state index contributed by atoms with van der Waals surface area (Å²) < 4.78 is 11.7. The number of fused-ring (bicyclic) bond motifs is 5. The van der Waals surface area contributed by atoms with Gasteiger partial charge in [0.15, 0.2) is 0 Å². The summed E-state index contributed by atoms with van der Waals surface area (Å²) in [4.78, 5) is 23.8. The van der Waals surface area contributed by atoms with Gasteiger partial charge < -0.3 is 19.9 Å². The number of allylic oxidation sites excluding steroid dienone is 1. The second-order valence-electron chi connectivity index (χ2n) is 13.9. The molecule has 12 atom stereocenters. The minimum Gasteiger partial charge on any atom is -0.462 e. The molecule has 0 aromatic heterocycles. The van der Waals surface area contributed by atoms with Crippen LogP contribution < -0.4 is 5.32 Å². The molecule has 1 heterocycles. The molecular formula is C31H49NO5. The summed E-state index contributed by atoms with van der Waals surface area (Å²) in [6, 6.07) is 0.0412. The van der Waals surface area contributed by atoms with Gasteiger partial charge in [-0.05, 0) is 91.9 Å². The van der Waals surface area contributed by atoms with Crippen molar-refractivity contribution in [3.05, 3.63) is 11.6 Å². The topological polar surface area (TPSA) is 84.9 Å². The lowest BCUT2D eigenvalue weighted by Gasteiger charge is -2.58. The summed E-state index contributed by atoms with van der Waals surface area (Å²) in [5.41, 5.74) is 1.75. The molecule has 4 fully saturated rings. The third kappa shape index (κ3) is 4.68. The molecule has 2 N–H and O–H groups in total. The third-order valence-electron chi connectivity index (χ3n) is 11.7. The first-order valence-electron chi connectivity index (χ1n) is 14.9. The fourth-order valence-corrected chi connectivity index (χ4v) is 10.1. The van der Waals surface area contributed by atoms with Gasteiger partial charge in [0.1, 0.15) is 12.2 Å². The van der Waals surface area contributed by atoms with Crippen LogP contribution in [0.4, 0.5) is 0 Å². The van der Waals surface area contributed by atoms with Gasteiger partial charge in [-0.3, -0.25) is 9.59 Å². The van der Waals surface area contributed by atoms with Crippen molar-refractivity contribution in [1.82, 2.24) is 5.32 Å². The molecule has 0 aromatic rings. The predicted molar refractivity (Wildman–Crippen MR) is 142 cm³/mol. The molecule has 3 saturated carbocycles. The molecule has 6 nitrogen and oxygen atoms in total. The van der Waals surface area contributed by atoms with Gasteiger partial charge in [-0.2, -0.15) is 0 Å². The summed E-state index contributed by atoms with van der Waals surface area (Å²) in [6.07, 6.45) is 10.1. The molecule has 1 saturated heterocycles. The summed E-state index contributed by atoms with van der Waals surface area (Å²) in [5, 5.41) is 14.7. The predicted octanol–water partition coefficient (Wildman–Crippen LogP) is 5.03. The van der Waals surface area contributed by atoms with E-state index in [1.165, 1.54) is 18.9 Å². The molecule has 1 aliphatic heterocycles. The normalized spacial score (nSPS) is 48.1. The van der Waals surface area contributed by atoms with Crippen LogP contribution in [0.25, 0.3) is 0 Å². The van der Waals surface area contributed by atoms with Gasteiger partial charge in [-0.1, -0.05) is 39.3 Å². The van der Waals surface area contributed by atoms with Crippen molar-refractivity contribution in [3.8, 4) is 0 Å². The Morgan fingerprint density at radius 2 is 1.81 bits per heavy atom. The molecule has 6 heteroatoms. The number of hydrogen-bond donors (Lipinski definition) is 2. The van der Waals surface area contributed by atoms with Crippen LogP contribution in [-0.2, 0) is 19.1 Å². The maximum absolute atomic E-state index is 12.3. The van der Waals surface area contributed by atoms with Crippen LogP contribution in [0.2, 0.25) is 0 Å². The Bertz CT molecular complexity index is 933. The van der Waals surface area contributed by atoms with Crippen LogP contribution in [0.3, 0.4) is 0 Å². The zero-order valence-corrected chi connectivity index (χ0v) is 23.8. The van der Waals surface area contributed by atoms with E-state index in [-0.39, 0.29) is 59.0 Å². The van der Waals surface area contributed by atoms with E-state index in [4.69, 9.17) is 9.47 Å². The van der Waals surface area contributed by atoms with Gasteiger partial charge in [0.25, 0.3) is 0 Å². The van der Waals surface area contributed by atoms with Crippen LogP contribution in [-0.4, -0.2) is 47.9 Å². The van der Waals surface area contributed by atoms with Crippen molar-refractivity contribution < 1.29 is 24.2 Å². The van der Waals surface area contributed by atoms with Crippen LogP contribution in [0.15, 0.2) is 11.6 Å². The minimum atomic E-state index is -0.359. The second kappa shape index (κ2) is 9.97. The van der Waals surface area contributed by atoms with E-state index in [1.54, 1.807) is 6.92 Å². The molecule has 0 aromatic carbocycles. The Balaban J connectivity index is 1.42. The summed E-state index contributed by atoms with van der Waals surface area (Å²) in [7, 11) is 0. The number of nitrogens with one attached hydrogen (secondary N) is 1. The summed E-state index contributed by atoms with van der Waals surface area (Å²) in [6.45, 7) is 13.4. The van der Waals surface area contributed by atoms with E-state index in [0.717, 1.165) is 51.5 Å². The summed E-state index contributed by atoms with van der Waals surface area (Å²) >= 11 is 0. The highest BCUT2D eigenvalue weighted by molar-refractivity contribution is 5.66. The molecule has 0 radical (unpaired) electrons. The highest BCUT2D eigenvalue weighted by atomic mass is 16.5. The van der Waals surface area contributed by atoms with Gasteiger partial charge in [0.2, 0.25) is 0 Å². The van der Waals surface area contributed by atoms with Gasteiger partial charge >= 0.3 is 11.9 Å². The van der Waals surface area contributed by atoms with Crippen LogP contribution in [0.5, 0.6) is 0 Å². The molecule has 0 bridgehead atoms. The lowest BCUT2D eigenvalue weighted by atomic mass is 9.46. The number of rotatable bonds is 4. The largest absolute Gasteiger partial charge is 0.462 e. The number of piperidine rings is 1. The molecule has 4 aliphatic carbocycles. The SMILES string of the molecule is CC(=O)O[C@H]1CC[C@@]2(C)C(=CC[C@H]3[C@@H]4C[C@H](OC(C)=O)[C@H]([C@H](C)[C@H]5NC[C@H](C)C[C@@H]5O)[C@@]4(C)CC[C@@H]32)C1. The fraction of sp³-hybridized carbons (Fsp3) is 0.871. The standard InChI is InChI=1S/C31H49NO5/c1-17-13-26(35)29(32-16-17)18(2)28-27(37-20(4)34)15-25-23-8-7-21-14-22(36-19(3)33)9-11-30(21,5)24(23)10-12-31(25,28)6/h7,17-18,22-29,32,35H,8-16H2,1-6H3/t17-,18+,22+,23-,24+,25+,26+,27+,28+,29-,30+,31+/m1/s1.